The third-order valence-corrected chi connectivity index (χ3v) is 4.68. The third-order valence-electron chi connectivity index (χ3n) is 4.68. The van der Waals surface area contributed by atoms with Crippen molar-refractivity contribution in [1.82, 2.24) is 10.2 Å². The Kier molecular flexibility index (Phi) is 2.76. The molecule has 2 heterocycles. The molecule has 0 spiro atoms. The van der Waals surface area contributed by atoms with E-state index in [0.29, 0.717) is 32.4 Å². The molecule has 0 aromatic carbocycles. The number of piperidine rings is 2. The van der Waals surface area contributed by atoms with Gasteiger partial charge in [-0.25, -0.2) is 0 Å². The molecule has 104 valence electrons. The molecule has 6 nitrogen and oxygen atoms in total. The summed E-state index contributed by atoms with van der Waals surface area (Å²) in [7, 11) is 0. The fourth-order valence-electron chi connectivity index (χ4n) is 3.24. The number of carboxylic acids is 1. The van der Waals surface area contributed by atoms with E-state index in [1.165, 1.54) is 0 Å². The highest BCUT2D eigenvalue weighted by atomic mass is 16.4. The van der Waals surface area contributed by atoms with Crippen molar-refractivity contribution in [3.8, 4) is 0 Å². The molecule has 19 heavy (non-hydrogen) atoms. The number of carboxylic acid groups (broad SMARTS) is 1. The number of hydrogen-bond donors (Lipinski definition) is 2. The molecule has 2 aliphatic heterocycles. The van der Waals surface area contributed by atoms with E-state index in [1.54, 1.807) is 4.90 Å². The molecule has 6 heteroatoms. The standard InChI is InChI=1S/C13H18N2O4/c16-10-2-1-8-7-15(6-3-9(8)14-10)11(17)13(4-5-13)12(18)19/h8-9H,1-7H2,(H,14,16)(H,18,19). The van der Waals surface area contributed by atoms with Gasteiger partial charge in [-0.1, -0.05) is 0 Å². The van der Waals surface area contributed by atoms with E-state index in [-0.39, 0.29) is 23.8 Å². The molecule has 3 fully saturated rings. The fraction of sp³-hybridized carbons (Fsp3) is 0.769. The lowest BCUT2D eigenvalue weighted by Crippen LogP contribution is -2.56. The van der Waals surface area contributed by atoms with Crippen LogP contribution in [0.3, 0.4) is 0 Å². The first kappa shape index (κ1) is 12.4. The number of rotatable bonds is 2. The summed E-state index contributed by atoms with van der Waals surface area (Å²) in [4.78, 5) is 36.5. The Balaban J connectivity index is 1.67. The molecule has 0 aromatic heterocycles. The zero-order chi connectivity index (χ0) is 13.6. The summed E-state index contributed by atoms with van der Waals surface area (Å²) < 4.78 is 0. The number of likely N-dealkylation sites (tertiary alicyclic amines) is 1. The second-order valence-corrected chi connectivity index (χ2v) is 5.90. The van der Waals surface area contributed by atoms with Crippen LogP contribution in [-0.2, 0) is 14.4 Å². The number of aliphatic carboxylic acids is 1. The van der Waals surface area contributed by atoms with Crippen molar-refractivity contribution in [2.24, 2.45) is 11.3 Å². The summed E-state index contributed by atoms with van der Waals surface area (Å²) in [5.41, 5.74) is -1.13. The van der Waals surface area contributed by atoms with Crippen LogP contribution < -0.4 is 5.32 Å². The molecule has 1 aliphatic carbocycles. The second kappa shape index (κ2) is 4.21. The first-order chi connectivity index (χ1) is 9.03. The lowest BCUT2D eigenvalue weighted by atomic mass is 9.84. The van der Waals surface area contributed by atoms with Crippen LogP contribution in [0.25, 0.3) is 0 Å². The topological polar surface area (TPSA) is 86.7 Å². The van der Waals surface area contributed by atoms with Gasteiger partial charge in [-0.05, 0) is 31.6 Å². The van der Waals surface area contributed by atoms with Crippen molar-refractivity contribution in [3.63, 3.8) is 0 Å². The van der Waals surface area contributed by atoms with Gasteiger partial charge in [0.05, 0.1) is 0 Å². The number of hydrogen-bond acceptors (Lipinski definition) is 3. The normalized spacial score (nSPS) is 32.2. The van der Waals surface area contributed by atoms with Crippen molar-refractivity contribution in [2.45, 2.75) is 38.1 Å². The largest absolute Gasteiger partial charge is 0.480 e. The van der Waals surface area contributed by atoms with E-state index in [1.807, 2.05) is 0 Å². The van der Waals surface area contributed by atoms with Crippen LogP contribution in [-0.4, -0.2) is 46.9 Å². The Morgan fingerprint density at radius 1 is 1.32 bits per heavy atom. The smallest absolute Gasteiger partial charge is 0.319 e. The van der Waals surface area contributed by atoms with E-state index in [2.05, 4.69) is 5.32 Å². The summed E-state index contributed by atoms with van der Waals surface area (Å²) in [5.74, 6) is -0.850. The lowest BCUT2D eigenvalue weighted by molar-refractivity contribution is -0.154. The highest BCUT2D eigenvalue weighted by Gasteiger charge is 2.59. The van der Waals surface area contributed by atoms with E-state index >= 15 is 0 Å². The van der Waals surface area contributed by atoms with Crippen LogP contribution in [0, 0.1) is 11.3 Å². The van der Waals surface area contributed by atoms with Gasteiger partial charge in [-0.15, -0.1) is 0 Å². The number of nitrogens with zero attached hydrogens (tertiary/aromatic N) is 1. The summed E-state index contributed by atoms with van der Waals surface area (Å²) in [6.07, 6.45) is 2.95. The predicted octanol–water partition coefficient (Wildman–Crippen LogP) is -0.0217. The molecule has 2 amide bonds. The van der Waals surface area contributed by atoms with Gasteiger partial charge in [-0.3, -0.25) is 14.4 Å². The molecule has 1 saturated carbocycles. The van der Waals surface area contributed by atoms with Gasteiger partial charge in [0, 0.05) is 25.6 Å². The van der Waals surface area contributed by atoms with Crippen LogP contribution >= 0.6 is 0 Å². The van der Waals surface area contributed by atoms with Crippen LogP contribution in [0.15, 0.2) is 0 Å². The monoisotopic (exact) mass is 266 g/mol. The maximum atomic E-state index is 12.3. The molecule has 0 radical (unpaired) electrons. The Labute approximate surface area is 111 Å². The summed E-state index contributed by atoms with van der Waals surface area (Å²) in [6, 6.07) is 0.158. The Morgan fingerprint density at radius 3 is 2.68 bits per heavy atom. The van der Waals surface area contributed by atoms with E-state index in [0.717, 1.165) is 12.8 Å². The minimum absolute atomic E-state index is 0.0882. The summed E-state index contributed by atoms with van der Waals surface area (Å²) >= 11 is 0. The van der Waals surface area contributed by atoms with Gasteiger partial charge in [0.15, 0.2) is 0 Å². The van der Waals surface area contributed by atoms with Crippen molar-refractivity contribution in [2.75, 3.05) is 13.1 Å². The molecule has 3 rings (SSSR count). The lowest BCUT2D eigenvalue weighted by Gasteiger charge is -2.42. The van der Waals surface area contributed by atoms with Crippen molar-refractivity contribution < 1.29 is 19.5 Å². The summed E-state index contributed by atoms with van der Waals surface area (Å²) in [6.45, 7) is 1.13. The van der Waals surface area contributed by atoms with E-state index < -0.39 is 11.4 Å². The third kappa shape index (κ3) is 1.99. The van der Waals surface area contributed by atoms with Crippen LogP contribution in [0.1, 0.15) is 32.1 Å². The van der Waals surface area contributed by atoms with Gasteiger partial charge in [0.2, 0.25) is 11.8 Å². The molecule has 2 atom stereocenters. The first-order valence-electron chi connectivity index (χ1n) is 6.85. The van der Waals surface area contributed by atoms with Gasteiger partial charge in [-0.2, -0.15) is 0 Å². The second-order valence-electron chi connectivity index (χ2n) is 5.90. The maximum absolute atomic E-state index is 12.3. The highest BCUT2D eigenvalue weighted by molar-refractivity contribution is 6.04. The average molecular weight is 266 g/mol. The highest BCUT2D eigenvalue weighted by Crippen LogP contribution is 2.48. The van der Waals surface area contributed by atoms with Gasteiger partial charge >= 0.3 is 5.97 Å². The van der Waals surface area contributed by atoms with Crippen LogP contribution in [0.2, 0.25) is 0 Å². The van der Waals surface area contributed by atoms with Crippen molar-refractivity contribution in [1.29, 1.82) is 0 Å². The Bertz CT molecular complexity index is 444. The quantitative estimate of drug-likeness (QED) is 0.688. The molecule has 3 aliphatic rings. The number of nitrogens with one attached hydrogen (secondary N) is 1. The van der Waals surface area contributed by atoms with Crippen molar-refractivity contribution >= 4 is 17.8 Å². The molecule has 2 saturated heterocycles. The number of carbonyl (C=O) groups excluding carboxylic acids is 2. The molecule has 2 unspecified atom stereocenters. The zero-order valence-corrected chi connectivity index (χ0v) is 10.7. The summed E-state index contributed by atoms with van der Waals surface area (Å²) in [5, 5.41) is 12.1. The SMILES string of the molecule is O=C1CCC2CN(C(=O)C3(C(=O)O)CC3)CCC2N1. The Hall–Kier alpha value is -1.59. The minimum Gasteiger partial charge on any atom is -0.480 e. The van der Waals surface area contributed by atoms with Gasteiger partial charge in [0.1, 0.15) is 5.41 Å². The van der Waals surface area contributed by atoms with Gasteiger partial charge < -0.3 is 15.3 Å². The molecule has 2 N–H and O–H groups in total. The van der Waals surface area contributed by atoms with E-state index in [4.69, 9.17) is 5.11 Å². The number of carbonyl (C=O) groups is 3. The van der Waals surface area contributed by atoms with Crippen LogP contribution in [0.4, 0.5) is 0 Å². The average Bonchev–Trinajstić information content (AvgIpc) is 3.18. The Morgan fingerprint density at radius 2 is 2.05 bits per heavy atom. The zero-order valence-electron chi connectivity index (χ0n) is 10.7. The molecule has 0 bridgehead atoms. The fourth-order valence-corrected chi connectivity index (χ4v) is 3.24. The molecular weight excluding hydrogens is 248 g/mol. The maximum Gasteiger partial charge on any atom is 0.319 e. The first-order valence-corrected chi connectivity index (χ1v) is 6.85. The van der Waals surface area contributed by atoms with Crippen molar-refractivity contribution in [3.05, 3.63) is 0 Å². The van der Waals surface area contributed by atoms with Gasteiger partial charge in [0.25, 0.3) is 0 Å². The molecular formula is C13H18N2O4. The van der Waals surface area contributed by atoms with Crippen LogP contribution in [0.5, 0.6) is 0 Å². The number of fused-ring (bicyclic) bond motifs is 1. The van der Waals surface area contributed by atoms with E-state index in [9.17, 15) is 14.4 Å². The predicted molar refractivity (Wildman–Crippen MR) is 65.2 cm³/mol. The number of amides is 2. The minimum atomic E-state index is -1.13. The molecule has 0 aromatic rings.